The fourth-order valence-electron chi connectivity index (χ4n) is 3.09. The molecule has 1 fully saturated rings. The van der Waals surface area contributed by atoms with Gasteiger partial charge in [0.25, 0.3) is 0 Å². The lowest BCUT2D eigenvalue weighted by molar-refractivity contribution is 0.316. The van der Waals surface area contributed by atoms with Gasteiger partial charge in [-0.05, 0) is 50.3 Å². The normalized spacial score (nSPS) is 21.2. The smallest absolute Gasteiger partial charge is 0.0295 e. The third-order valence-corrected chi connectivity index (χ3v) is 4.33. The Hall–Kier alpha value is -0.890. The Bertz CT molecular complexity index is 328. The highest BCUT2D eigenvalue weighted by atomic mass is 14.9. The molecule has 0 aliphatic heterocycles. The van der Waals surface area contributed by atoms with Crippen molar-refractivity contribution >= 4 is 0 Å². The van der Waals surface area contributed by atoms with Gasteiger partial charge in [-0.15, -0.1) is 0 Å². The van der Waals surface area contributed by atoms with Gasteiger partial charge in [0.1, 0.15) is 0 Å². The number of nitrogens with one attached hydrogen (secondary N) is 1. The van der Waals surface area contributed by atoms with Crippen LogP contribution in [0.15, 0.2) is 24.5 Å². The molecular formula is C16H26N2. The molecule has 1 N–H and O–H groups in total. The van der Waals surface area contributed by atoms with E-state index in [9.17, 15) is 0 Å². The molecule has 2 nitrogen and oxygen atoms in total. The summed E-state index contributed by atoms with van der Waals surface area (Å²) in [6, 6.07) is 5.26. The fraction of sp³-hybridized carbons (Fsp3) is 0.688. The maximum Gasteiger partial charge on any atom is 0.0295 e. The third-order valence-electron chi connectivity index (χ3n) is 4.33. The Labute approximate surface area is 111 Å². The van der Waals surface area contributed by atoms with Crippen molar-refractivity contribution in [3.63, 3.8) is 0 Å². The van der Waals surface area contributed by atoms with Gasteiger partial charge in [0, 0.05) is 24.5 Å². The van der Waals surface area contributed by atoms with E-state index in [0.717, 1.165) is 5.92 Å². The largest absolute Gasteiger partial charge is 0.307 e. The number of pyridine rings is 1. The number of rotatable bonds is 4. The third kappa shape index (κ3) is 3.81. The topological polar surface area (TPSA) is 24.9 Å². The van der Waals surface area contributed by atoms with Crippen LogP contribution in [0, 0.1) is 5.92 Å². The first-order chi connectivity index (χ1) is 8.77. The van der Waals surface area contributed by atoms with Gasteiger partial charge in [0.2, 0.25) is 0 Å². The molecule has 1 aromatic rings. The Balaban J connectivity index is 1.88. The molecule has 0 spiro atoms. The Kier molecular flexibility index (Phi) is 5.18. The van der Waals surface area contributed by atoms with E-state index in [1.54, 1.807) is 0 Å². The quantitative estimate of drug-likeness (QED) is 0.809. The maximum absolute atomic E-state index is 4.08. The number of hydrogen-bond acceptors (Lipinski definition) is 2. The molecule has 1 heterocycles. The zero-order chi connectivity index (χ0) is 12.8. The van der Waals surface area contributed by atoms with Crippen LogP contribution < -0.4 is 5.32 Å². The first kappa shape index (κ1) is 13.5. The van der Waals surface area contributed by atoms with Crippen LogP contribution in [0.2, 0.25) is 0 Å². The van der Waals surface area contributed by atoms with Crippen LogP contribution in [-0.4, -0.2) is 11.0 Å². The average Bonchev–Trinajstić information content (AvgIpc) is 2.68. The molecule has 2 atom stereocenters. The second kappa shape index (κ2) is 6.89. The van der Waals surface area contributed by atoms with E-state index in [2.05, 4.69) is 36.3 Å². The first-order valence-corrected chi connectivity index (χ1v) is 7.43. The monoisotopic (exact) mass is 246 g/mol. The molecule has 1 aromatic heterocycles. The zero-order valence-corrected chi connectivity index (χ0v) is 11.7. The average molecular weight is 246 g/mol. The molecule has 18 heavy (non-hydrogen) atoms. The second-order valence-corrected chi connectivity index (χ2v) is 5.71. The summed E-state index contributed by atoms with van der Waals surface area (Å²) in [7, 11) is 0. The highest BCUT2D eigenvalue weighted by Crippen LogP contribution is 2.26. The minimum atomic E-state index is 0.422. The van der Waals surface area contributed by atoms with Crippen LogP contribution in [0.4, 0.5) is 0 Å². The van der Waals surface area contributed by atoms with Gasteiger partial charge in [-0.25, -0.2) is 0 Å². The van der Waals surface area contributed by atoms with Gasteiger partial charge in [0.15, 0.2) is 0 Å². The predicted octanol–water partition coefficient (Wildman–Crippen LogP) is 4.09. The SMILES string of the molecule is CC(N[C@@H](C)C1CCCCCC1)c1ccncc1. The molecular weight excluding hydrogens is 220 g/mol. The minimum absolute atomic E-state index is 0.422. The van der Waals surface area contributed by atoms with Gasteiger partial charge in [-0.1, -0.05) is 25.7 Å². The van der Waals surface area contributed by atoms with E-state index >= 15 is 0 Å². The molecule has 100 valence electrons. The predicted molar refractivity (Wildman–Crippen MR) is 76.4 cm³/mol. The zero-order valence-electron chi connectivity index (χ0n) is 11.7. The van der Waals surface area contributed by atoms with Crippen LogP contribution in [0.1, 0.15) is 64.0 Å². The lowest BCUT2D eigenvalue weighted by Gasteiger charge is -2.27. The lowest BCUT2D eigenvalue weighted by atomic mass is 9.92. The van der Waals surface area contributed by atoms with Crippen molar-refractivity contribution < 1.29 is 0 Å². The van der Waals surface area contributed by atoms with Crippen molar-refractivity contribution in [1.29, 1.82) is 0 Å². The van der Waals surface area contributed by atoms with Gasteiger partial charge in [0.05, 0.1) is 0 Å². The molecule has 1 saturated carbocycles. The van der Waals surface area contributed by atoms with E-state index < -0.39 is 0 Å². The Morgan fingerprint density at radius 3 is 2.28 bits per heavy atom. The van der Waals surface area contributed by atoms with E-state index in [4.69, 9.17) is 0 Å². The van der Waals surface area contributed by atoms with Gasteiger partial charge < -0.3 is 5.32 Å². The Morgan fingerprint density at radius 2 is 1.67 bits per heavy atom. The van der Waals surface area contributed by atoms with Crippen LogP contribution in [0.25, 0.3) is 0 Å². The molecule has 0 saturated heterocycles. The van der Waals surface area contributed by atoms with Gasteiger partial charge >= 0.3 is 0 Å². The summed E-state index contributed by atoms with van der Waals surface area (Å²) >= 11 is 0. The molecule has 1 aliphatic carbocycles. The van der Waals surface area contributed by atoms with Crippen LogP contribution >= 0.6 is 0 Å². The van der Waals surface area contributed by atoms with Crippen molar-refractivity contribution in [2.45, 2.75) is 64.5 Å². The van der Waals surface area contributed by atoms with E-state index in [0.29, 0.717) is 12.1 Å². The highest BCUT2D eigenvalue weighted by Gasteiger charge is 2.20. The first-order valence-electron chi connectivity index (χ1n) is 7.43. The molecule has 0 aromatic carbocycles. The molecule has 2 heteroatoms. The number of hydrogen-bond donors (Lipinski definition) is 1. The van der Waals surface area contributed by atoms with Gasteiger partial charge in [-0.2, -0.15) is 0 Å². The van der Waals surface area contributed by atoms with Crippen molar-refractivity contribution in [2.75, 3.05) is 0 Å². The summed E-state index contributed by atoms with van der Waals surface area (Å²) in [4.78, 5) is 4.08. The summed E-state index contributed by atoms with van der Waals surface area (Å²) in [5.74, 6) is 0.858. The van der Waals surface area contributed by atoms with Crippen LogP contribution in [-0.2, 0) is 0 Å². The summed E-state index contributed by atoms with van der Waals surface area (Å²) in [6.45, 7) is 4.61. The van der Waals surface area contributed by atoms with Crippen molar-refractivity contribution in [3.05, 3.63) is 30.1 Å². The second-order valence-electron chi connectivity index (χ2n) is 5.71. The highest BCUT2D eigenvalue weighted by molar-refractivity contribution is 5.14. The molecule has 1 aliphatic rings. The fourth-order valence-corrected chi connectivity index (χ4v) is 3.09. The number of aromatic nitrogens is 1. The van der Waals surface area contributed by atoms with E-state index in [1.807, 2.05) is 12.4 Å². The summed E-state index contributed by atoms with van der Waals surface area (Å²) in [5.41, 5.74) is 1.34. The van der Waals surface area contributed by atoms with Crippen LogP contribution in [0.5, 0.6) is 0 Å². The van der Waals surface area contributed by atoms with E-state index in [1.165, 1.54) is 44.1 Å². The van der Waals surface area contributed by atoms with E-state index in [-0.39, 0.29) is 0 Å². The summed E-state index contributed by atoms with van der Waals surface area (Å²) in [5, 5.41) is 3.77. The molecule has 0 radical (unpaired) electrons. The molecule has 0 amide bonds. The van der Waals surface area contributed by atoms with Crippen molar-refractivity contribution in [3.8, 4) is 0 Å². The minimum Gasteiger partial charge on any atom is -0.307 e. The molecule has 0 bridgehead atoms. The maximum atomic E-state index is 4.08. The lowest BCUT2D eigenvalue weighted by Crippen LogP contribution is -2.35. The Morgan fingerprint density at radius 1 is 1.06 bits per heavy atom. The summed E-state index contributed by atoms with van der Waals surface area (Å²) < 4.78 is 0. The molecule has 1 unspecified atom stereocenters. The molecule has 2 rings (SSSR count). The standard InChI is InChI=1S/C16H26N2/c1-13(15-7-5-3-4-6-8-15)18-14(2)16-9-11-17-12-10-16/h9-15,18H,3-8H2,1-2H3/t13-,14?/m0/s1. The number of nitrogens with zero attached hydrogens (tertiary/aromatic N) is 1. The van der Waals surface area contributed by atoms with Gasteiger partial charge in [-0.3, -0.25) is 4.98 Å². The van der Waals surface area contributed by atoms with Crippen molar-refractivity contribution in [2.24, 2.45) is 5.92 Å². The van der Waals surface area contributed by atoms with Crippen LogP contribution in [0.3, 0.4) is 0 Å². The summed E-state index contributed by atoms with van der Waals surface area (Å²) in [6.07, 6.45) is 12.3. The van der Waals surface area contributed by atoms with Crippen molar-refractivity contribution in [1.82, 2.24) is 10.3 Å².